The molecule has 1 saturated heterocycles. The van der Waals surface area contributed by atoms with E-state index >= 15 is 0 Å². The molecule has 3 atom stereocenters. The summed E-state index contributed by atoms with van der Waals surface area (Å²) < 4.78 is 5.24. The summed E-state index contributed by atoms with van der Waals surface area (Å²) in [5.41, 5.74) is 0.665. The Morgan fingerprint density at radius 2 is 2.05 bits per heavy atom. The average molecular weight is 387 g/mol. The van der Waals surface area contributed by atoms with Crippen molar-refractivity contribution in [2.75, 3.05) is 46.9 Å². The normalized spacial score (nSPS) is 24.0. The van der Waals surface area contributed by atoms with Crippen LogP contribution < -0.4 is 0 Å². The van der Waals surface area contributed by atoms with E-state index in [1.807, 2.05) is 11.8 Å². The largest absolute Gasteiger partial charge is 0.364 e. The molecule has 0 amide bonds. The Balaban J connectivity index is 1.89. The van der Waals surface area contributed by atoms with E-state index in [1.165, 1.54) is 23.0 Å². The lowest BCUT2D eigenvalue weighted by molar-refractivity contribution is -0.0655. The van der Waals surface area contributed by atoms with Crippen LogP contribution in [0, 0.1) is 0 Å². The van der Waals surface area contributed by atoms with Gasteiger partial charge >= 0.3 is 0 Å². The zero-order valence-electron chi connectivity index (χ0n) is 12.5. The molecule has 0 bridgehead atoms. The Bertz CT molecular complexity index is 291. The number of ether oxygens (including phenoxy) is 1. The molecule has 0 radical (unpaired) electrons. The molecule has 1 N–H and O–H groups in total. The van der Waals surface area contributed by atoms with Gasteiger partial charge in [-0.15, -0.1) is 0 Å². The molecule has 1 aliphatic rings. The molecule has 21 heavy (non-hydrogen) atoms. The van der Waals surface area contributed by atoms with Crippen molar-refractivity contribution >= 4 is 59.7 Å². The second kappa shape index (κ2) is 12.8. The van der Waals surface area contributed by atoms with Crippen molar-refractivity contribution in [3.8, 4) is 0 Å². The minimum Gasteiger partial charge on any atom is -0.364 e. The lowest BCUT2D eigenvalue weighted by Gasteiger charge is -2.27. The molecule has 1 rings (SSSR count). The maximum Gasteiger partial charge on any atom is 0.176 e. The highest BCUT2D eigenvalue weighted by Gasteiger charge is 2.21. The van der Waals surface area contributed by atoms with E-state index in [0.29, 0.717) is 12.2 Å². The van der Waals surface area contributed by atoms with Gasteiger partial charge in [0.2, 0.25) is 0 Å². The van der Waals surface area contributed by atoms with Gasteiger partial charge in [0.05, 0.1) is 6.61 Å². The van der Waals surface area contributed by atoms with Gasteiger partial charge in [-0.25, -0.2) is 0 Å². The highest BCUT2D eigenvalue weighted by Crippen LogP contribution is 2.32. The summed E-state index contributed by atoms with van der Waals surface area (Å²) in [6.07, 6.45) is -0.805. The molecule has 124 valence electrons. The van der Waals surface area contributed by atoms with Crippen LogP contribution in [-0.2, 0) is 4.74 Å². The topological polar surface area (TPSA) is 29.5 Å². The summed E-state index contributed by atoms with van der Waals surface area (Å²) in [4.78, 5) is 0. The van der Waals surface area contributed by atoms with Gasteiger partial charge in [-0.1, -0.05) is 6.58 Å². The van der Waals surface area contributed by atoms with E-state index in [4.69, 9.17) is 4.74 Å². The smallest absolute Gasteiger partial charge is 0.176 e. The minimum absolute atomic E-state index is 0.585. The third-order valence-electron chi connectivity index (χ3n) is 2.80. The third-order valence-corrected chi connectivity index (χ3v) is 9.17. The third kappa shape index (κ3) is 9.99. The summed E-state index contributed by atoms with van der Waals surface area (Å²) >= 11 is 12.6. The average Bonchev–Trinajstić information content (AvgIpc) is 2.49. The first kappa shape index (κ1) is 20.5. The van der Waals surface area contributed by atoms with Gasteiger partial charge in [-0.2, -0.15) is 59.7 Å². The molecule has 0 aromatic rings. The summed E-state index contributed by atoms with van der Waals surface area (Å²) in [6.45, 7) is 6.01. The van der Waals surface area contributed by atoms with Crippen LogP contribution in [0.15, 0.2) is 12.2 Å². The van der Waals surface area contributed by atoms with E-state index < -0.39 is 6.29 Å². The van der Waals surface area contributed by atoms with Crippen molar-refractivity contribution in [2.24, 2.45) is 0 Å². The van der Waals surface area contributed by atoms with Crippen LogP contribution in [0.1, 0.15) is 6.92 Å². The number of rotatable bonds is 11. The van der Waals surface area contributed by atoms with Crippen molar-refractivity contribution < 1.29 is 9.84 Å². The van der Waals surface area contributed by atoms with Crippen LogP contribution in [0.25, 0.3) is 0 Å². The van der Waals surface area contributed by atoms with Crippen molar-refractivity contribution in [2.45, 2.75) is 23.7 Å². The first-order valence-electron chi connectivity index (χ1n) is 7.08. The predicted octanol–water partition coefficient (Wildman–Crippen LogP) is 3.51. The van der Waals surface area contributed by atoms with Gasteiger partial charge in [0.15, 0.2) is 6.29 Å². The van der Waals surface area contributed by atoms with Gasteiger partial charge in [-0.05, 0) is 12.5 Å². The van der Waals surface area contributed by atoms with Crippen LogP contribution in [0.2, 0.25) is 0 Å². The number of thioether (sulfide) groups is 4. The van der Waals surface area contributed by atoms with Crippen LogP contribution >= 0.6 is 59.7 Å². The Hall–Kier alpha value is 1.41. The molecule has 1 heterocycles. The van der Waals surface area contributed by atoms with Crippen molar-refractivity contribution in [1.82, 2.24) is 0 Å². The van der Waals surface area contributed by atoms with Gasteiger partial charge in [0.1, 0.15) is 0 Å². The Kier molecular flexibility index (Phi) is 12.5. The van der Waals surface area contributed by atoms with Crippen molar-refractivity contribution in [3.63, 3.8) is 0 Å². The Morgan fingerprint density at radius 3 is 2.76 bits per heavy atom. The number of thiol groups is 1. The number of hydrogen-bond acceptors (Lipinski definition) is 7. The summed E-state index contributed by atoms with van der Waals surface area (Å²) in [6, 6.07) is 0. The molecule has 0 spiro atoms. The molecule has 1 aliphatic heterocycles. The summed E-state index contributed by atoms with van der Waals surface area (Å²) in [7, 11) is 0. The summed E-state index contributed by atoms with van der Waals surface area (Å²) in [5.74, 6) is 8.10. The Morgan fingerprint density at radius 1 is 1.33 bits per heavy atom. The molecule has 1 fully saturated rings. The SMILES string of the molecule is C=C(C)C(O)OCCSCCSCC1CSCC(CS)S1. The highest BCUT2D eigenvalue weighted by atomic mass is 32.2. The van der Waals surface area contributed by atoms with E-state index in [1.54, 1.807) is 6.92 Å². The molecular weight excluding hydrogens is 360 g/mol. The molecule has 0 aromatic carbocycles. The second-order valence-electron chi connectivity index (χ2n) is 4.86. The molecule has 7 heteroatoms. The molecular formula is C14H26O2S5. The monoisotopic (exact) mass is 386 g/mol. The fourth-order valence-electron chi connectivity index (χ4n) is 1.66. The van der Waals surface area contributed by atoms with Crippen LogP contribution in [0.5, 0.6) is 0 Å². The fourth-order valence-corrected chi connectivity index (χ4v) is 7.62. The standard InChI is InChI=1S/C14H26O2S5/c1-11(2)14(15)16-3-4-18-5-6-19-9-13-10-20-8-12(7-17)21-13/h12-15,17H,1,3-10H2,2H3. The van der Waals surface area contributed by atoms with E-state index in [0.717, 1.165) is 27.8 Å². The Labute approximate surface area is 151 Å². The van der Waals surface area contributed by atoms with E-state index in [9.17, 15) is 5.11 Å². The van der Waals surface area contributed by atoms with Gasteiger partial charge in [0.25, 0.3) is 0 Å². The maximum absolute atomic E-state index is 9.41. The number of aliphatic hydroxyl groups excluding tert-OH is 1. The zero-order chi connectivity index (χ0) is 15.5. The second-order valence-corrected chi connectivity index (χ2v) is 10.3. The van der Waals surface area contributed by atoms with E-state index in [-0.39, 0.29) is 0 Å². The quantitative estimate of drug-likeness (QED) is 0.244. The van der Waals surface area contributed by atoms with Crippen molar-refractivity contribution in [3.05, 3.63) is 12.2 Å². The van der Waals surface area contributed by atoms with Crippen molar-refractivity contribution in [1.29, 1.82) is 0 Å². The van der Waals surface area contributed by atoms with Crippen LogP contribution in [0.4, 0.5) is 0 Å². The van der Waals surface area contributed by atoms with Crippen LogP contribution in [-0.4, -0.2) is 68.8 Å². The molecule has 3 unspecified atom stereocenters. The predicted molar refractivity (Wildman–Crippen MR) is 108 cm³/mol. The lowest BCUT2D eigenvalue weighted by Crippen LogP contribution is -2.25. The minimum atomic E-state index is -0.805. The van der Waals surface area contributed by atoms with Gasteiger partial charge in [0, 0.05) is 50.8 Å². The van der Waals surface area contributed by atoms with Crippen LogP contribution in [0.3, 0.4) is 0 Å². The first-order valence-corrected chi connectivity index (χ1v) is 12.1. The lowest BCUT2D eigenvalue weighted by atomic mass is 10.3. The molecule has 2 nitrogen and oxygen atoms in total. The molecule has 0 saturated carbocycles. The maximum atomic E-state index is 9.41. The molecule has 0 aromatic heterocycles. The first-order chi connectivity index (χ1) is 10.1. The fraction of sp³-hybridized carbons (Fsp3) is 0.857. The number of aliphatic hydroxyl groups is 1. The summed E-state index contributed by atoms with van der Waals surface area (Å²) in [5, 5.41) is 10.9. The van der Waals surface area contributed by atoms with Gasteiger partial charge < -0.3 is 9.84 Å². The number of hydrogen-bond donors (Lipinski definition) is 2. The zero-order valence-corrected chi connectivity index (χ0v) is 16.7. The highest BCUT2D eigenvalue weighted by molar-refractivity contribution is 8.08. The molecule has 0 aliphatic carbocycles. The van der Waals surface area contributed by atoms with E-state index in [2.05, 4.69) is 54.5 Å². The van der Waals surface area contributed by atoms with Gasteiger partial charge in [-0.3, -0.25) is 0 Å².